The van der Waals surface area contributed by atoms with Crippen molar-refractivity contribution in [3.8, 4) is 0 Å². The zero-order valence-electron chi connectivity index (χ0n) is 17.2. The van der Waals surface area contributed by atoms with E-state index < -0.39 is 10.0 Å². The standard InChI is InChI=1S/C23H22N4O3S2/c28-23(17-7-9-18(10-8-17)26-32(29,30)21-6-3-15-31-21)27-13-11-16(12-14-27)22-24-19-4-1-2-5-20(19)25-22/h1-10,15-16,26H,11-14H2,(H,24,25). The predicted molar refractivity (Wildman–Crippen MR) is 126 cm³/mol. The molecule has 1 fully saturated rings. The van der Waals surface area contributed by atoms with Crippen LogP contribution in [0.2, 0.25) is 0 Å². The molecule has 9 heteroatoms. The van der Waals surface area contributed by atoms with Crippen LogP contribution in [0.3, 0.4) is 0 Å². The van der Waals surface area contributed by atoms with Crippen molar-refractivity contribution in [3.05, 3.63) is 77.4 Å². The van der Waals surface area contributed by atoms with Crippen molar-refractivity contribution < 1.29 is 13.2 Å². The Kier molecular flexibility index (Phi) is 5.44. The molecule has 0 bridgehead atoms. The van der Waals surface area contributed by atoms with Gasteiger partial charge in [0.05, 0.1) is 11.0 Å². The highest BCUT2D eigenvalue weighted by Gasteiger charge is 2.26. The summed E-state index contributed by atoms with van der Waals surface area (Å²) in [5.41, 5.74) is 2.98. The lowest BCUT2D eigenvalue weighted by Gasteiger charge is -2.31. The number of hydrogen-bond acceptors (Lipinski definition) is 5. The number of imidazole rings is 1. The van der Waals surface area contributed by atoms with E-state index in [4.69, 9.17) is 4.98 Å². The maximum atomic E-state index is 12.9. The van der Waals surface area contributed by atoms with Crippen molar-refractivity contribution in [2.45, 2.75) is 23.0 Å². The largest absolute Gasteiger partial charge is 0.342 e. The molecule has 4 aromatic rings. The summed E-state index contributed by atoms with van der Waals surface area (Å²) in [5, 5.41) is 1.72. The van der Waals surface area contributed by atoms with Gasteiger partial charge < -0.3 is 9.88 Å². The molecule has 32 heavy (non-hydrogen) atoms. The summed E-state index contributed by atoms with van der Waals surface area (Å²) >= 11 is 1.16. The molecule has 0 radical (unpaired) electrons. The highest BCUT2D eigenvalue weighted by molar-refractivity contribution is 7.94. The Morgan fingerprint density at radius 1 is 1.03 bits per heavy atom. The van der Waals surface area contributed by atoms with Crippen molar-refractivity contribution >= 4 is 44.0 Å². The van der Waals surface area contributed by atoms with Gasteiger partial charge in [-0.2, -0.15) is 0 Å². The van der Waals surface area contributed by atoms with Crippen LogP contribution in [-0.4, -0.2) is 42.3 Å². The van der Waals surface area contributed by atoms with Gasteiger partial charge >= 0.3 is 0 Å². The van der Waals surface area contributed by atoms with E-state index in [0.717, 1.165) is 41.0 Å². The van der Waals surface area contributed by atoms with Crippen LogP contribution >= 0.6 is 11.3 Å². The number of hydrogen-bond donors (Lipinski definition) is 2. The zero-order chi connectivity index (χ0) is 22.1. The fourth-order valence-electron chi connectivity index (χ4n) is 4.01. The van der Waals surface area contributed by atoms with Crippen LogP contribution < -0.4 is 4.72 Å². The number of amides is 1. The van der Waals surface area contributed by atoms with Crippen LogP contribution in [0.25, 0.3) is 11.0 Å². The molecule has 1 aliphatic heterocycles. The van der Waals surface area contributed by atoms with Crippen LogP contribution in [0.5, 0.6) is 0 Å². The third kappa shape index (κ3) is 4.13. The Labute approximate surface area is 190 Å². The molecule has 3 heterocycles. The van der Waals surface area contributed by atoms with E-state index in [-0.39, 0.29) is 10.1 Å². The number of H-pyrrole nitrogens is 1. The van der Waals surface area contributed by atoms with Crippen molar-refractivity contribution in [1.82, 2.24) is 14.9 Å². The van der Waals surface area contributed by atoms with Gasteiger partial charge in [-0.1, -0.05) is 18.2 Å². The van der Waals surface area contributed by atoms with Gasteiger partial charge in [-0.05, 0) is 60.7 Å². The topological polar surface area (TPSA) is 95.2 Å². The van der Waals surface area contributed by atoms with Crippen LogP contribution in [0.4, 0.5) is 5.69 Å². The number of thiophene rings is 1. The molecule has 5 rings (SSSR count). The molecule has 2 aromatic heterocycles. The number of benzene rings is 2. The van der Waals surface area contributed by atoms with Crippen molar-refractivity contribution in [2.24, 2.45) is 0 Å². The number of fused-ring (bicyclic) bond motifs is 1. The number of carbonyl (C=O) groups is 1. The first-order chi connectivity index (χ1) is 15.5. The maximum absolute atomic E-state index is 12.9. The van der Waals surface area contributed by atoms with Gasteiger partial charge in [-0.15, -0.1) is 11.3 Å². The third-order valence-electron chi connectivity index (χ3n) is 5.72. The Morgan fingerprint density at radius 2 is 1.78 bits per heavy atom. The second-order valence-electron chi connectivity index (χ2n) is 7.82. The molecule has 1 amide bonds. The van der Waals surface area contributed by atoms with Crippen LogP contribution in [-0.2, 0) is 10.0 Å². The summed E-state index contributed by atoms with van der Waals surface area (Å²) in [6, 6.07) is 17.8. The SMILES string of the molecule is O=C(c1ccc(NS(=O)(=O)c2cccs2)cc1)N1CCC(c2nc3ccccc3[nH]2)CC1. The Hall–Kier alpha value is -3.17. The van der Waals surface area contributed by atoms with Crippen LogP contribution in [0.1, 0.15) is 34.9 Å². The summed E-state index contributed by atoms with van der Waals surface area (Å²) in [7, 11) is -3.60. The zero-order valence-corrected chi connectivity index (χ0v) is 18.8. The normalized spacial score (nSPS) is 15.2. The lowest BCUT2D eigenvalue weighted by Crippen LogP contribution is -2.38. The number of likely N-dealkylation sites (tertiary alicyclic amines) is 1. The number of aromatic amines is 1. The highest BCUT2D eigenvalue weighted by atomic mass is 32.2. The number of anilines is 1. The average molecular weight is 467 g/mol. The number of rotatable bonds is 5. The van der Waals surface area contributed by atoms with E-state index in [2.05, 4.69) is 9.71 Å². The second kappa shape index (κ2) is 8.40. The summed E-state index contributed by atoms with van der Waals surface area (Å²) < 4.78 is 27.5. The lowest BCUT2D eigenvalue weighted by molar-refractivity contribution is 0.0711. The summed E-state index contributed by atoms with van der Waals surface area (Å²) in [6.07, 6.45) is 1.70. The van der Waals surface area contributed by atoms with Crippen LogP contribution in [0, 0.1) is 0 Å². The van der Waals surface area contributed by atoms with E-state index in [1.165, 1.54) is 0 Å². The molecule has 1 saturated heterocycles. The summed E-state index contributed by atoms with van der Waals surface area (Å²) in [4.78, 5) is 22.9. The van der Waals surface area contributed by atoms with Gasteiger partial charge in [0.15, 0.2) is 0 Å². The fourth-order valence-corrected chi connectivity index (χ4v) is 6.06. The van der Waals surface area contributed by atoms with E-state index in [1.54, 1.807) is 41.8 Å². The van der Waals surface area contributed by atoms with E-state index >= 15 is 0 Å². The molecular weight excluding hydrogens is 444 g/mol. The van der Waals surface area contributed by atoms with Crippen molar-refractivity contribution in [3.63, 3.8) is 0 Å². The highest BCUT2D eigenvalue weighted by Crippen LogP contribution is 2.28. The fraction of sp³-hybridized carbons (Fsp3) is 0.217. The number of nitrogens with zero attached hydrogens (tertiary/aromatic N) is 2. The predicted octanol–water partition coefficient (Wildman–Crippen LogP) is 4.45. The number of carbonyl (C=O) groups excluding carboxylic acids is 1. The molecule has 1 aliphatic rings. The van der Waals surface area contributed by atoms with Crippen LogP contribution in [0.15, 0.2) is 70.3 Å². The molecule has 7 nitrogen and oxygen atoms in total. The Balaban J connectivity index is 1.21. The first kappa shape index (κ1) is 20.7. The quantitative estimate of drug-likeness (QED) is 0.454. The summed E-state index contributed by atoms with van der Waals surface area (Å²) in [5.74, 6) is 1.25. The van der Waals surface area contributed by atoms with Crippen molar-refractivity contribution in [1.29, 1.82) is 0 Å². The van der Waals surface area contributed by atoms with Gasteiger partial charge in [0, 0.05) is 30.3 Å². The van der Waals surface area contributed by atoms with Gasteiger partial charge in [0.25, 0.3) is 15.9 Å². The number of nitrogens with one attached hydrogen (secondary N) is 2. The maximum Gasteiger partial charge on any atom is 0.271 e. The first-order valence-corrected chi connectivity index (χ1v) is 12.8. The van der Waals surface area contributed by atoms with E-state index in [0.29, 0.717) is 30.3 Å². The van der Waals surface area contributed by atoms with Gasteiger partial charge in [0.1, 0.15) is 10.0 Å². The van der Waals surface area contributed by atoms with Gasteiger partial charge in [-0.3, -0.25) is 9.52 Å². The number of para-hydroxylation sites is 2. The minimum atomic E-state index is -3.60. The minimum Gasteiger partial charge on any atom is -0.342 e. The molecule has 164 valence electrons. The number of piperidine rings is 1. The molecule has 0 unspecified atom stereocenters. The third-order valence-corrected chi connectivity index (χ3v) is 8.50. The van der Waals surface area contributed by atoms with E-state index in [9.17, 15) is 13.2 Å². The molecule has 2 N–H and O–H groups in total. The average Bonchev–Trinajstić information content (AvgIpc) is 3.50. The molecule has 0 spiro atoms. The van der Waals surface area contributed by atoms with Gasteiger partial charge in [0.2, 0.25) is 0 Å². The molecule has 0 atom stereocenters. The Bertz CT molecular complexity index is 1300. The number of sulfonamides is 1. The number of aromatic nitrogens is 2. The molecule has 0 saturated carbocycles. The van der Waals surface area contributed by atoms with Gasteiger partial charge in [-0.25, -0.2) is 13.4 Å². The monoisotopic (exact) mass is 466 g/mol. The summed E-state index contributed by atoms with van der Waals surface area (Å²) in [6.45, 7) is 1.32. The van der Waals surface area contributed by atoms with E-state index in [1.807, 2.05) is 29.2 Å². The molecule has 0 aliphatic carbocycles. The lowest BCUT2D eigenvalue weighted by atomic mass is 9.95. The minimum absolute atomic E-state index is 0.0410. The Morgan fingerprint density at radius 3 is 2.47 bits per heavy atom. The first-order valence-electron chi connectivity index (χ1n) is 10.4. The molecule has 2 aromatic carbocycles. The second-order valence-corrected chi connectivity index (χ2v) is 10.7. The smallest absolute Gasteiger partial charge is 0.271 e. The molecular formula is C23H22N4O3S2. The van der Waals surface area contributed by atoms with Crippen molar-refractivity contribution in [2.75, 3.05) is 17.8 Å².